The van der Waals surface area contributed by atoms with E-state index in [1.807, 2.05) is 42.5 Å². The Morgan fingerprint density at radius 3 is 2.67 bits per heavy atom. The van der Waals surface area contributed by atoms with E-state index < -0.39 is 0 Å². The molecule has 2 aromatic carbocycles. The lowest BCUT2D eigenvalue weighted by Gasteiger charge is -2.13. The average Bonchev–Trinajstić information content (AvgIpc) is 2.98. The predicted octanol–water partition coefficient (Wildman–Crippen LogP) is 4.57. The molecule has 1 atom stereocenters. The van der Waals surface area contributed by atoms with Gasteiger partial charge in [-0.1, -0.05) is 30.7 Å². The number of imidazole rings is 1. The standard InChI is InChI=1S/C19H22ClN3O/c1-2-16(21)19-22-17-6-3-4-7-18(17)23(19)12-5-13-24-15-10-8-14(20)9-11-15/h3-4,6-11,16H,2,5,12-13,21H2,1H3. The van der Waals surface area contributed by atoms with Gasteiger partial charge in [0, 0.05) is 11.6 Å². The number of nitrogens with two attached hydrogens (primary N) is 1. The highest BCUT2D eigenvalue weighted by Gasteiger charge is 2.15. The van der Waals surface area contributed by atoms with Crippen LogP contribution in [0.2, 0.25) is 5.02 Å². The van der Waals surface area contributed by atoms with Crippen molar-refractivity contribution in [2.75, 3.05) is 6.61 Å². The van der Waals surface area contributed by atoms with Gasteiger partial charge in [0.25, 0.3) is 0 Å². The van der Waals surface area contributed by atoms with E-state index in [0.717, 1.165) is 42.0 Å². The van der Waals surface area contributed by atoms with E-state index in [0.29, 0.717) is 11.6 Å². The van der Waals surface area contributed by atoms with Crippen LogP contribution in [0, 0.1) is 0 Å². The number of para-hydroxylation sites is 2. The topological polar surface area (TPSA) is 53.1 Å². The molecular weight excluding hydrogens is 322 g/mol. The number of aromatic nitrogens is 2. The fourth-order valence-electron chi connectivity index (χ4n) is 2.74. The summed E-state index contributed by atoms with van der Waals surface area (Å²) in [5.74, 6) is 1.78. The molecule has 1 aromatic heterocycles. The number of aryl methyl sites for hydroxylation is 1. The van der Waals surface area contributed by atoms with Crippen LogP contribution < -0.4 is 10.5 Å². The maximum Gasteiger partial charge on any atom is 0.126 e. The number of ether oxygens (including phenoxy) is 1. The van der Waals surface area contributed by atoms with Crippen molar-refractivity contribution in [1.29, 1.82) is 0 Å². The molecule has 0 amide bonds. The normalized spacial score (nSPS) is 12.5. The fraction of sp³-hybridized carbons (Fsp3) is 0.316. The third kappa shape index (κ3) is 3.71. The van der Waals surface area contributed by atoms with Crippen LogP contribution >= 0.6 is 11.6 Å². The lowest BCUT2D eigenvalue weighted by atomic mass is 10.2. The molecule has 3 aromatic rings. The van der Waals surface area contributed by atoms with Crippen molar-refractivity contribution in [2.24, 2.45) is 5.73 Å². The van der Waals surface area contributed by atoms with Crippen LogP contribution in [0.25, 0.3) is 11.0 Å². The Balaban J connectivity index is 1.68. The van der Waals surface area contributed by atoms with Crippen molar-refractivity contribution in [1.82, 2.24) is 9.55 Å². The number of nitrogens with zero attached hydrogens (tertiary/aromatic N) is 2. The van der Waals surface area contributed by atoms with Crippen molar-refractivity contribution >= 4 is 22.6 Å². The third-order valence-corrected chi connectivity index (χ3v) is 4.32. The molecule has 0 aliphatic rings. The van der Waals surface area contributed by atoms with Crippen molar-refractivity contribution in [3.05, 3.63) is 59.4 Å². The summed E-state index contributed by atoms with van der Waals surface area (Å²) in [4.78, 5) is 4.71. The number of halogens is 1. The van der Waals surface area contributed by atoms with Gasteiger partial charge in [-0.15, -0.1) is 0 Å². The highest BCUT2D eigenvalue weighted by molar-refractivity contribution is 6.30. The van der Waals surface area contributed by atoms with Crippen molar-refractivity contribution < 1.29 is 4.74 Å². The zero-order valence-electron chi connectivity index (χ0n) is 13.8. The molecule has 0 bridgehead atoms. The second-order valence-corrected chi connectivity index (χ2v) is 6.22. The molecule has 126 valence electrons. The monoisotopic (exact) mass is 343 g/mol. The largest absolute Gasteiger partial charge is 0.494 e. The fourth-order valence-corrected chi connectivity index (χ4v) is 2.86. The second-order valence-electron chi connectivity index (χ2n) is 5.78. The van der Waals surface area contributed by atoms with Gasteiger partial charge in [-0.05, 0) is 49.2 Å². The summed E-state index contributed by atoms with van der Waals surface area (Å²) in [6.07, 6.45) is 1.75. The van der Waals surface area contributed by atoms with E-state index in [2.05, 4.69) is 17.6 Å². The SMILES string of the molecule is CCC(N)c1nc2ccccc2n1CCCOc1ccc(Cl)cc1. The summed E-state index contributed by atoms with van der Waals surface area (Å²) in [5.41, 5.74) is 8.36. The van der Waals surface area contributed by atoms with Crippen LogP contribution in [0.15, 0.2) is 48.5 Å². The van der Waals surface area contributed by atoms with Gasteiger partial charge in [-0.3, -0.25) is 0 Å². The first-order valence-corrected chi connectivity index (χ1v) is 8.66. The van der Waals surface area contributed by atoms with Gasteiger partial charge in [0.15, 0.2) is 0 Å². The summed E-state index contributed by atoms with van der Waals surface area (Å²) in [6, 6.07) is 15.5. The molecule has 0 spiro atoms. The van der Waals surface area contributed by atoms with Gasteiger partial charge < -0.3 is 15.0 Å². The molecule has 1 heterocycles. The molecule has 5 heteroatoms. The van der Waals surface area contributed by atoms with Crippen molar-refractivity contribution in [2.45, 2.75) is 32.4 Å². The van der Waals surface area contributed by atoms with E-state index >= 15 is 0 Å². The molecule has 4 nitrogen and oxygen atoms in total. The Morgan fingerprint density at radius 2 is 1.92 bits per heavy atom. The van der Waals surface area contributed by atoms with Crippen LogP contribution in [0.4, 0.5) is 0 Å². The molecule has 0 aliphatic carbocycles. The number of fused-ring (bicyclic) bond motifs is 1. The zero-order chi connectivity index (χ0) is 16.9. The van der Waals surface area contributed by atoms with Crippen LogP contribution in [0.5, 0.6) is 5.75 Å². The van der Waals surface area contributed by atoms with E-state index in [4.69, 9.17) is 27.1 Å². The Bertz CT molecular complexity index is 798. The summed E-state index contributed by atoms with van der Waals surface area (Å²) < 4.78 is 7.99. The van der Waals surface area contributed by atoms with Crippen LogP contribution in [0.1, 0.15) is 31.6 Å². The first-order chi connectivity index (χ1) is 11.7. The quantitative estimate of drug-likeness (QED) is 0.639. The Kier molecular flexibility index (Phi) is 5.38. The molecule has 3 rings (SSSR count). The molecule has 1 unspecified atom stereocenters. The summed E-state index contributed by atoms with van der Waals surface area (Å²) >= 11 is 5.88. The summed E-state index contributed by atoms with van der Waals surface area (Å²) in [7, 11) is 0. The molecule has 2 N–H and O–H groups in total. The number of hydrogen-bond acceptors (Lipinski definition) is 3. The summed E-state index contributed by atoms with van der Waals surface area (Å²) in [5, 5.41) is 0.713. The molecule has 0 saturated carbocycles. The number of benzene rings is 2. The lowest BCUT2D eigenvalue weighted by Crippen LogP contribution is -2.17. The van der Waals surface area contributed by atoms with Crippen LogP contribution in [-0.4, -0.2) is 16.2 Å². The Hall–Kier alpha value is -2.04. The lowest BCUT2D eigenvalue weighted by molar-refractivity contribution is 0.301. The second kappa shape index (κ2) is 7.69. The predicted molar refractivity (Wildman–Crippen MR) is 98.5 cm³/mol. The molecule has 24 heavy (non-hydrogen) atoms. The first kappa shape index (κ1) is 16.8. The van der Waals surface area contributed by atoms with Gasteiger partial charge in [0.05, 0.1) is 23.7 Å². The van der Waals surface area contributed by atoms with Crippen LogP contribution in [-0.2, 0) is 6.54 Å². The molecular formula is C19H22ClN3O. The van der Waals surface area contributed by atoms with E-state index in [1.165, 1.54) is 0 Å². The highest BCUT2D eigenvalue weighted by atomic mass is 35.5. The maximum atomic E-state index is 6.24. The van der Waals surface area contributed by atoms with Gasteiger partial charge in [0.2, 0.25) is 0 Å². The summed E-state index contributed by atoms with van der Waals surface area (Å²) in [6.45, 7) is 3.55. The average molecular weight is 344 g/mol. The molecule has 0 aliphatic heterocycles. The van der Waals surface area contributed by atoms with Gasteiger partial charge >= 0.3 is 0 Å². The highest BCUT2D eigenvalue weighted by Crippen LogP contribution is 2.22. The van der Waals surface area contributed by atoms with Gasteiger partial charge in [-0.25, -0.2) is 4.98 Å². The third-order valence-electron chi connectivity index (χ3n) is 4.06. The smallest absolute Gasteiger partial charge is 0.126 e. The Labute approximate surface area is 147 Å². The van der Waals surface area contributed by atoms with Crippen molar-refractivity contribution in [3.63, 3.8) is 0 Å². The zero-order valence-corrected chi connectivity index (χ0v) is 14.5. The molecule has 0 radical (unpaired) electrons. The minimum atomic E-state index is -0.0467. The minimum absolute atomic E-state index is 0.0467. The van der Waals surface area contributed by atoms with Crippen molar-refractivity contribution in [3.8, 4) is 5.75 Å². The van der Waals surface area contributed by atoms with E-state index in [1.54, 1.807) is 0 Å². The Morgan fingerprint density at radius 1 is 1.17 bits per heavy atom. The minimum Gasteiger partial charge on any atom is -0.494 e. The number of hydrogen-bond donors (Lipinski definition) is 1. The van der Waals surface area contributed by atoms with Gasteiger partial charge in [-0.2, -0.15) is 0 Å². The van der Waals surface area contributed by atoms with Crippen LogP contribution in [0.3, 0.4) is 0 Å². The first-order valence-electron chi connectivity index (χ1n) is 8.28. The van der Waals surface area contributed by atoms with E-state index in [-0.39, 0.29) is 6.04 Å². The van der Waals surface area contributed by atoms with E-state index in [9.17, 15) is 0 Å². The maximum absolute atomic E-state index is 6.24. The molecule has 0 fully saturated rings. The molecule has 0 saturated heterocycles. The number of rotatable bonds is 7. The van der Waals surface area contributed by atoms with Gasteiger partial charge in [0.1, 0.15) is 11.6 Å².